The molecule has 0 spiro atoms. The molecule has 176 valence electrons. The molecule has 2 aliphatic heterocycles. The summed E-state index contributed by atoms with van der Waals surface area (Å²) < 4.78 is 27.4. The van der Waals surface area contributed by atoms with E-state index in [-0.39, 0.29) is 11.8 Å². The molecule has 8 heteroatoms. The van der Waals surface area contributed by atoms with E-state index in [9.17, 15) is 18.0 Å². The number of aryl methyl sites for hydroxylation is 1. The van der Waals surface area contributed by atoms with Gasteiger partial charge in [-0.25, -0.2) is 8.42 Å². The van der Waals surface area contributed by atoms with Crippen molar-refractivity contribution in [1.29, 1.82) is 0 Å². The van der Waals surface area contributed by atoms with Crippen molar-refractivity contribution in [2.45, 2.75) is 56.3 Å². The molecule has 2 aliphatic rings. The van der Waals surface area contributed by atoms with Crippen molar-refractivity contribution in [1.82, 2.24) is 4.31 Å². The number of benzene rings is 2. The summed E-state index contributed by atoms with van der Waals surface area (Å²) in [5.74, 6) is 0.0262. The number of amides is 2. The van der Waals surface area contributed by atoms with Crippen molar-refractivity contribution >= 4 is 33.2 Å². The zero-order valence-corrected chi connectivity index (χ0v) is 19.6. The SMILES string of the molecule is O=C(CCc1ccc(S(=O)(=O)N2CCCCCC2)cc1)Nc1ccc(N2CCCC2=O)cc1. The van der Waals surface area contributed by atoms with E-state index in [2.05, 4.69) is 5.32 Å². The summed E-state index contributed by atoms with van der Waals surface area (Å²) >= 11 is 0. The first-order valence-electron chi connectivity index (χ1n) is 11.7. The fourth-order valence-corrected chi connectivity index (χ4v) is 5.90. The van der Waals surface area contributed by atoms with Crippen molar-refractivity contribution in [3.05, 3.63) is 54.1 Å². The second-order valence-electron chi connectivity index (χ2n) is 8.71. The minimum absolute atomic E-state index is 0.110. The molecule has 2 heterocycles. The summed E-state index contributed by atoms with van der Waals surface area (Å²) in [6.07, 6.45) is 6.26. The first-order chi connectivity index (χ1) is 15.9. The van der Waals surface area contributed by atoms with Crippen LogP contribution in [0.5, 0.6) is 0 Å². The molecule has 0 atom stereocenters. The Kier molecular flexibility index (Phi) is 7.45. The van der Waals surface area contributed by atoms with Crippen molar-refractivity contribution < 1.29 is 18.0 Å². The van der Waals surface area contributed by atoms with E-state index in [1.165, 1.54) is 0 Å². The van der Waals surface area contributed by atoms with Crippen LogP contribution in [-0.2, 0) is 26.0 Å². The van der Waals surface area contributed by atoms with Crippen molar-refractivity contribution in [2.75, 3.05) is 29.9 Å². The lowest BCUT2D eigenvalue weighted by Gasteiger charge is -2.20. The average molecular weight is 470 g/mol. The van der Waals surface area contributed by atoms with Crippen LogP contribution in [0.4, 0.5) is 11.4 Å². The van der Waals surface area contributed by atoms with Crippen LogP contribution >= 0.6 is 0 Å². The summed E-state index contributed by atoms with van der Waals surface area (Å²) in [6.45, 7) is 1.90. The van der Waals surface area contributed by atoms with E-state index in [1.807, 2.05) is 12.1 Å². The zero-order chi connectivity index (χ0) is 23.3. The van der Waals surface area contributed by atoms with Gasteiger partial charge in [0.1, 0.15) is 0 Å². The number of anilines is 2. The number of sulfonamides is 1. The third kappa shape index (κ3) is 5.81. The largest absolute Gasteiger partial charge is 0.326 e. The van der Waals surface area contributed by atoms with Gasteiger partial charge in [-0.1, -0.05) is 25.0 Å². The molecular weight excluding hydrogens is 438 g/mol. The highest BCUT2D eigenvalue weighted by molar-refractivity contribution is 7.89. The Hall–Kier alpha value is -2.71. The third-order valence-corrected chi connectivity index (χ3v) is 8.22. The normalized spacial score (nSPS) is 17.7. The summed E-state index contributed by atoms with van der Waals surface area (Å²) in [5, 5.41) is 2.88. The molecule has 0 radical (unpaired) electrons. The molecule has 0 bridgehead atoms. The van der Waals surface area contributed by atoms with Crippen LogP contribution in [0.3, 0.4) is 0 Å². The zero-order valence-electron chi connectivity index (χ0n) is 18.8. The Morgan fingerprint density at radius 2 is 1.52 bits per heavy atom. The number of rotatable bonds is 7. The van der Waals surface area contributed by atoms with Gasteiger partial charge in [0.15, 0.2) is 0 Å². The number of hydrogen-bond donors (Lipinski definition) is 1. The van der Waals surface area contributed by atoms with Gasteiger partial charge in [-0.05, 0) is 67.6 Å². The lowest BCUT2D eigenvalue weighted by Crippen LogP contribution is -2.31. The Bertz CT molecular complexity index is 1070. The number of nitrogens with zero attached hydrogens (tertiary/aromatic N) is 2. The summed E-state index contributed by atoms with van der Waals surface area (Å²) in [6, 6.07) is 14.2. The molecular formula is C25H31N3O4S. The van der Waals surface area contributed by atoms with Gasteiger partial charge in [-0.2, -0.15) is 4.31 Å². The highest BCUT2D eigenvalue weighted by atomic mass is 32.2. The molecule has 7 nitrogen and oxygen atoms in total. The highest BCUT2D eigenvalue weighted by Crippen LogP contribution is 2.24. The van der Waals surface area contributed by atoms with E-state index in [0.29, 0.717) is 42.9 Å². The molecule has 2 aromatic rings. The Balaban J connectivity index is 1.29. The Labute approximate surface area is 195 Å². The quantitative estimate of drug-likeness (QED) is 0.665. The van der Waals surface area contributed by atoms with E-state index in [0.717, 1.165) is 49.9 Å². The molecule has 0 aliphatic carbocycles. The summed E-state index contributed by atoms with van der Waals surface area (Å²) in [4.78, 5) is 26.3. The van der Waals surface area contributed by atoms with E-state index >= 15 is 0 Å². The van der Waals surface area contributed by atoms with Gasteiger partial charge in [-0.3, -0.25) is 9.59 Å². The highest BCUT2D eigenvalue weighted by Gasteiger charge is 2.25. The van der Waals surface area contributed by atoms with Crippen LogP contribution < -0.4 is 10.2 Å². The monoisotopic (exact) mass is 469 g/mol. The molecule has 0 saturated carbocycles. The van der Waals surface area contributed by atoms with Crippen LogP contribution in [0.15, 0.2) is 53.4 Å². The third-order valence-electron chi connectivity index (χ3n) is 6.30. The average Bonchev–Trinajstić information content (AvgIpc) is 3.06. The fraction of sp³-hybridized carbons (Fsp3) is 0.440. The molecule has 4 rings (SSSR count). The minimum Gasteiger partial charge on any atom is -0.326 e. The van der Waals surface area contributed by atoms with Gasteiger partial charge in [0.05, 0.1) is 4.90 Å². The van der Waals surface area contributed by atoms with Crippen molar-refractivity contribution in [2.24, 2.45) is 0 Å². The maximum absolute atomic E-state index is 12.9. The second-order valence-corrected chi connectivity index (χ2v) is 10.6. The Morgan fingerprint density at radius 3 is 2.12 bits per heavy atom. The van der Waals surface area contributed by atoms with Gasteiger partial charge in [0.2, 0.25) is 21.8 Å². The molecule has 0 unspecified atom stereocenters. The first-order valence-corrected chi connectivity index (χ1v) is 13.2. The number of carbonyl (C=O) groups is 2. The molecule has 2 fully saturated rings. The first kappa shape index (κ1) is 23.4. The van der Waals surface area contributed by atoms with Crippen LogP contribution in [0.25, 0.3) is 0 Å². The van der Waals surface area contributed by atoms with Crippen molar-refractivity contribution in [3.63, 3.8) is 0 Å². The molecule has 2 aromatic carbocycles. The number of carbonyl (C=O) groups excluding carboxylic acids is 2. The second kappa shape index (κ2) is 10.5. The van der Waals surface area contributed by atoms with Crippen LogP contribution in [0.2, 0.25) is 0 Å². The minimum atomic E-state index is -3.46. The lowest BCUT2D eigenvalue weighted by molar-refractivity contribution is -0.117. The van der Waals surface area contributed by atoms with Gasteiger partial charge >= 0.3 is 0 Å². The molecule has 1 N–H and O–H groups in total. The van der Waals surface area contributed by atoms with Gasteiger partial charge in [-0.15, -0.1) is 0 Å². The lowest BCUT2D eigenvalue weighted by atomic mass is 10.1. The maximum Gasteiger partial charge on any atom is 0.243 e. The topological polar surface area (TPSA) is 86.8 Å². The summed E-state index contributed by atoms with van der Waals surface area (Å²) in [5.41, 5.74) is 2.46. The van der Waals surface area contributed by atoms with Crippen LogP contribution in [0, 0.1) is 0 Å². The van der Waals surface area contributed by atoms with Gasteiger partial charge in [0.25, 0.3) is 0 Å². The summed E-state index contributed by atoms with van der Waals surface area (Å²) in [7, 11) is -3.46. The van der Waals surface area contributed by atoms with Crippen LogP contribution in [-0.4, -0.2) is 44.2 Å². The van der Waals surface area contributed by atoms with Crippen LogP contribution in [0.1, 0.15) is 50.5 Å². The predicted molar refractivity (Wildman–Crippen MR) is 129 cm³/mol. The molecule has 0 aromatic heterocycles. The Morgan fingerprint density at radius 1 is 0.848 bits per heavy atom. The van der Waals surface area contributed by atoms with Gasteiger partial charge < -0.3 is 10.2 Å². The predicted octanol–water partition coefficient (Wildman–Crippen LogP) is 3.95. The van der Waals surface area contributed by atoms with E-state index in [1.54, 1.807) is 45.6 Å². The maximum atomic E-state index is 12.9. The van der Waals surface area contributed by atoms with Gasteiger partial charge in [0, 0.05) is 43.9 Å². The van der Waals surface area contributed by atoms with Crippen molar-refractivity contribution in [3.8, 4) is 0 Å². The smallest absolute Gasteiger partial charge is 0.243 e. The van der Waals surface area contributed by atoms with E-state index < -0.39 is 10.0 Å². The fourth-order valence-electron chi connectivity index (χ4n) is 4.39. The van der Waals surface area contributed by atoms with E-state index in [4.69, 9.17) is 0 Å². The standard InChI is InChI=1S/C25H31N3O4S/c29-24(26-21-10-12-22(13-11-21)28-19-5-6-25(28)30)16-9-20-7-14-23(15-8-20)33(31,32)27-17-3-1-2-4-18-27/h7-8,10-15H,1-6,9,16-19H2,(H,26,29). The number of nitrogens with one attached hydrogen (secondary N) is 1. The number of hydrogen-bond acceptors (Lipinski definition) is 4. The molecule has 33 heavy (non-hydrogen) atoms. The molecule has 2 amide bonds. The molecule has 2 saturated heterocycles.